The number of ether oxygens (including phenoxy) is 6. The smallest absolute Gasteiger partial charge is 0.310 e. The van der Waals surface area contributed by atoms with E-state index in [1.165, 1.54) is 0 Å². The first-order chi connectivity index (χ1) is 19.6. The van der Waals surface area contributed by atoms with Crippen molar-refractivity contribution < 1.29 is 37.8 Å². The fourth-order valence-corrected chi connectivity index (χ4v) is 6.48. The zero-order valence-electron chi connectivity index (χ0n) is 22.4. The van der Waals surface area contributed by atoms with Crippen LogP contribution in [0.15, 0.2) is 73.3 Å². The van der Waals surface area contributed by atoms with Crippen LogP contribution in [0.4, 0.5) is 0 Å². The monoisotopic (exact) mass is 541 g/mol. The number of hydrogen-bond acceptors (Lipinski definition) is 7. The van der Waals surface area contributed by atoms with E-state index in [2.05, 4.69) is 33.7 Å². The van der Waals surface area contributed by atoms with E-state index in [0.717, 1.165) is 22.4 Å². The van der Waals surface area contributed by atoms with Gasteiger partial charge >= 0.3 is 5.97 Å². The molecular formula is C31H29N2O7+. The van der Waals surface area contributed by atoms with E-state index in [4.69, 9.17) is 28.4 Å². The number of fused-ring (bicyclic) bond motifs is 3. The van der Waals surface area contributed by atoms with Crippen LogP contribution in [-0.4, -0.2) is 45.3 Å². The maximum Gasteiger partial charge on any atom is 0.310 e. The molecule has 4 atom stereocenters. The predicted octanol–water partition coefficient (Wildman–Crippen LogP) is 4.04. The normalized spacial score (nSPS) is 22.3. The Morgan fingerprint density at radius 3 is 2.25 bits per heavy atom. The number of imidazole rings is 1. The molecule has 9 heteroatoms. The number of cyclic esters (lactones) is 1. The molecule has 1 aromatic heterocycles. The number of para-hydroxylation sites is 1. The molecule has 1 saturated heterocycles. The minimum Gasteiger partial charge on any atom is -0.493 e. The summed E-state index contributed by atoms with van der Waals surface area (Å²) in [5, 5.41) is 0. The van der Waals surface area contributed by atoms with Crippen molar-refractivity contribution in [1.82, 2.24) is 4.57 Å². The van der Waals surface area contributed by atoms with Gasteiger partial charge in [-0.3, -0.25) is 4.79 Å². The number of nitrogens with zero attached hydrogens (tertiary/aromatic N) is 2. The van der Waals surface area contributed by atoms with Crippen LogP contribution in [0.5, 0.6) is 28.7 Å². The molecule has 3 aliphatic rings. The van der Waals surface area contributed by atoms with Gasteiger partial charge in [0.1, 0.15) is 24.1 Å². The molecule has 0 radical (unpaired) electrons. The summed E-state index contributed by atoms with van der Waals surface area (Å²) in [4.78, 5) is 13.5. The van der Waals surface area contributed by atoms with Gasteiger partial charge in [0.15, 0.2) is 23.0 Å². The molecule has 0 spiro atoms. The van der Waals surface area contributed by atoms with Crippen LogP contribution in [0.25, 0.3) is 5.69 Å². The highest BCUT2D eigenvalue weighted by Gasteiger charge is 2.55. The second kappa shape index (κ2) is 9.51. The molecule has 0 saturated carbocycles. The molecular weight excluding hydrogens is 512 g/mol. The molecule has 0 amide bonds. The third-order valence-corrected chi connectivity index (χ3v) is 8.23. The number of rotatable bonds is 6. The van der Waals surface area contributed by atoms with Gasteiger partial charge < -0.3 is 28.4 Å². The van der Waals surface area contributed by atoms with Crippen LogP contribution >= 0.6 is 0 Å². The third kappa shape index (κ3) is 3.68. The second-order valence-electron chi connectivity index (χ2n) is 10.1. The minimum atomic E-state index is -0.437. The minimum absolute atomic E-state index is 0.124. The van der Waals surface area contributed by atoms with E-state index in [0.29, 0.717) is 35.4 Å². The summed E-state index contributed by atoms with van der Waals surface area (Å²) in [7, 11) is 4.75. The first kappa shape index (κ1) is 24.4. The van der Waals surface area contributed by atoms with Gasteiger partial charge in [-0.05, 0) is 47.5 Å². The number of carbonyl (C=O) groups is 1. The predicted molar refractivity (Wildman–Crippen MR) is 143 cm³/mol. The number of carbonyl (C=O) groups excluding carboxylic acids is 1. The van der Waals surface area contributed by atoms with Gasteiger partial charge in [-0.2, -0.15) is 0 Å². The van der Waals surface area contributed by atoms with Crippen molar-refractivity contribution in [1.29, 1.82) is 0 Å². The Bertz CT molecular complexity index is 1570. The highest BCUT2D eigenvalue weighted by molar-refractivity contribution is 5.79. The SMILES string of the molecule is COc1cc([C@@H]2c3cc4c(cc3[C@@H]([n+]3ccn(-c5ccccc5)c3)[C@H]3COC(=O)[C@H]23)OCO4)cc(OC)c1OC. The summed E-state index contributed by atoms with van der Waals surface area (Å²) < 4.78 is 38.5. The molecule has 0 unspecified atom stereocenters. The average Bonchev–Trinajstić information content (AvgIpc) is 3.75. The van der Waals surface area contributed by atoms with Crippen LogP contribution in [0, 0.1) is 11.8 Å². The summed E-state index contributed by atoms with van der Waals surface area (Å²) in [5.74, 6) is 1.79. The summed E-state index contributed by atoms with van der Waals surface area (Å²) in [6.45, 7) is 0.469. The Balaban J connectivity index is 1.43. The van der Waals surface area contributed by atoms with Gasteiger partial charge in [-0.15, -0.1) is 0 Å². The summed E-state index contributed by atoms with van der Waals surface area (Å²) in [6.07, 6.45) is 6.14. The standard InChI is InChI=1S/C31H29N2O7/c1-35-25-11-18(12-26(36-2)30(25)37-3)27-20-13-23-24(40-17-39-23)14-21(20)29(22-15-38-31(34)28(22)27)33-10-9-32(16-33)19-7-5-4-6-8-19/h4-14,16,22,27-29H,15,17H2,1-3H3/q+1/t22-,27+,28-,29+/m0/s1. The van der Waals surface area contributed by atoms with Crippen molar-refractivity contribution >= 4 is 5.97 Å². The van der Waals surface area contributed by atoms with E-state index in [9.17, 15) is 4.79 Å². The molecule has 2 aliphatic heterocycles. The lowest BCUT2D eigenvalue weighted by Gasteiger charge is -2.37. The highest BCUT2D eigenvalue weighted by atomic mass is 16.7. The summed E-state index contributed by atoms with van der Waals surface area (Å²) >= 11 is 0. The van der Waals surface area contributed by atoms with Gasteiger partial charge in [0, 0.05) is 11.5 Å². The number of methoxy groups -OCH3 is 3. The Morgan fingerprint density at radius 1 is 0.875 bits per heavy atom. The fraction of sp³-hybridized carbons (Fsp3) is 0.290. The first-order valence-electron chi connectivity index (χ1n) is 13.2. The molecule has 1 fully saturated rings. The molecule has 40 heavy (non-hydrogen) atoms. The molecule has 3 aromatic carbocycles. The van der Waals surface area contributed by atoms with E-state index in [1.807, 2.05) is 48.8 Å². The van der Waals surface area contributed by atoms with Crippen molar-refractivity contribution in [2.75, 3.05) is 34.7 Å². The zero-order valence-corrected chi connectivity index (χ0v) is 22.4. The van der Waals surface area contributed by atoms with Crippen LogP contribution in [0.1, 0.15) is 28.7 Å². The molecule has 1 aliphatic carbocycles. The number of aromatic nitrogens is 2. The molecule has 7 rings (SSSR count). The lowest BCUT2D eigenvalue weighted by molar-refractivity contribution is -0.721. The van der Waals surface area contributed by atoms with Gasteiger partial charge in [0.05, 0.1) is 39.8 Å². The molecule has 3 heterocycles. The molecule has 0 N–H and O–H groups in total. The first-order valence-corrected chi connectivity index (χ1v) is 13.2. The van der Waals surface area contributed by atoms with Gasteiger partial charge in [0.2, 0.25) is 18.9 Å². The summed E-state index contributed by atoms with van der Waals surface area (Å²) in [5.41, 5.74) is 3.95. The zero-order chi connectivity index (χ0) is 27.4. The number of esters is 1. The van der Waals surface area contributed by atoms with Gasteiger partial charge in [-0.25, -0.2) is 9.13 Å². The van der Waals surface area contributed by atoms with E-state index >= 15 is 0 Å². The van der Waals surface area contributed by atoms with E-state index in [1.54, 1.807) is 21.3 Å². The van der Waals surface area contributed by atoms with E-state index < -0.39 is 5.92 Å². The Labute approximate surface area is 231 Å². The van der Waals surface area contributed by atoms with Crippen molar-refractivity contribution in [2.45, 2.75) is 12.0 Å². The molecule has 0 bridgehead atoms. The maximum atomic E-state index is 13.5. The van der Waals surface area contributed by atoms with Crippen LogP contribution < -0.4 is 28.3 Å². The lowest BCUT2D eigenvalue weighted by atomic mass is 9.65. The average molecular weight is 542 g/mol. The van der Waals surface area contributed by atoms with Crippen molar-refractivity contribution in [3.63, 3.8) is 0 Å². The van der Waals surface area contributed by atoms with Crippen LogP contribution in [0.3, 0.4) is 0 Å². The largest absolute Gasteiger partial charge is 0.493 e. The van der Waals surface area contributed by atoms with Crippen molar-refractivity contribution in [3.8, 4) is 34.4 Å². The van der Waals surface area contributed by atoms with Crippen molar-refractivity contribution in [3.05, 3.63) is 90.0 Å². The molecule has 4 aromatic rings. The Hall–Kier alpha value is -4.66. The topological polar surface area (TPSA) is 81.3 Å². The highest BCUT2D eigenvalue weighted by Crippen LogP contribution is 2.55. The van der Waals surface area contributed by atoms with Gasteiger partial charge in [0.25, 0.3) is 0 Å². The lowest BCUT2D eigenvalue weighted by Crippen LogP contribution is -2.49. The number of hydrogen-bond donors (Lipinski definition) is 0. The van der Waals surface area contributed by atoms with Crippen LogP contribution in [0.2, 0.25) is 0 Å². The van der Waals surface area contributed by atoms with Gasteiger partial charge in [-0.1, -0.05) is 18.2 Å². The van der Waals surface area contributed by atoms with Crippen LogP contribution in [-0.2, 0) is 9.53 Å². The molecule has 204 valence electrons. The van der Waals surface area contributed by atoms with E-state index in [-0.39, 0.29) is 30.6 Å². The number of benzene rings is 3. The quantitative estimate of drug-likeness (QED) is 0.269. The Kier molecular flexibility index (Phi) is 5.80. The second-order valence-corrected chi connectivity index (χ2v) is 10.1. The van der Waals surface area contributed by atoms with Crippen molar-refractivity contribution in [2.24, 2.45) is 11.8 Å². The fourth-order valence-electron chi connectivity index (χ4n) is 6.48. The Morgan fingerprint density at radius 2 is 1.57 bits per heavy atom. The maximum absolute atomic E-state index is 13.5. The third-order valence-electron chi connectivity index (χ3n) is 8.23. The summed E-state index contributed by atoms with van der Waals surface area (Å²) in [6, 6.07) is 17.9. The molecule has 9 nitrogen and oxygen atoms in total.